The highest BCUT2D eigenvalue weighted by Gasteiger charge is 2.75. The summed E-state index contributed by atoms with van der Waals surface area (Å²) in [5.41, 5.74) is -10.4. The summed E-state index contributed by atoms with van der Waals surface area (Å²) < 4.78 is 110. The van der Waals surface area contributed by atoms with Gasteiger partial charge in [0.25, 0.3) is 0 Å². The predicted octanol–water partition coefficient (Wildman–Crippen LogP) is 4.93. The zero-order valence-corrected chi connectivity index (χ0v) is 13.6. The van der Waals surface area contributed by atoms with Crippen molar-refractivity contribution in [2.75, 3.05) is 0 Å². The molecule has 3 nitrogen and oxygen atoms in total. The van der Waals surface area contributed by atoms with Gasteiger partial charge >= 0.3 is 5.92 Å². The summed E-state index contributed by atoms with van der Waals surface area (Å²) in [4.78, 5) is 0. The number of ether oxygens (including phenoxy) is 1. The van der Waals surface area contributed by atoms with Gasteiger partial charge in [0.2, 0.25) is 5.67 Å². The molecule has 27 heavy (non-hydrogen) atoms. The number of nitrogens with zero attached hydrogens (tertiary/aromatic N) is 1. The maximum Gasteiger partial charge on any atom is 0.309 e. The van der Waals surface area contributed by atoms with Crippen molar-refractivity contribution < 1.29 is 37.3 Å². The number of benzene rings is 2. The largest absolute Gasteiger partial charge is 0.457 e. The van der Waals surface area contributed by atoms with E-state index < -0.39 is 87.5 Å². The summed E-state index contributed by atoms with van der Waals surface area (Å²) >= 11 is 0. The first-order valence-electron chi connectivity index (χ1n) is 9.67. The average molecular weight is 385 g/mol. The van der Waals surface area contributed by atoms with Crippen molar-refractivity contribution in [3.8, 4) is 17.6 Å². The Bertz CT molecular complexity index is 1210. The van der Waals surface area contributed by atoms with E-state index in [1.807, 2.05) is 0 Å². The molecule has 0 spiro atoms. The second-order valence-electron chi connectivity index (χ2n) is 6.49. The first kappa shape index (κ1) is 13.5. The minimum Gasteiger partial charge on any atom is -0.457 e. The molecule has 0 heterocycles. The topological polar surface area (TPSA) is 53.2 Å². The maximum atomic E-state index is 15.1. The molecule has 0 amide bonds. The van der Waals surface area contributed by atoms with Crippen LogP contribution in [0.3, 0.4) is 0 Å². The van der Waals surface area contributed by atoms with Gasteiger partial charge in [0.05, 0.1) is 17.1 Å². The molecular weight excluding hydrogens is 369 g/mol. The molecule has 0 saturated carbocycles. The summed E-state index contributed by atoms with van der Waals surface area (Å²) in [6.07, 6.45) is -4.67. The Morgan fingerprint density at radius 1 is 1.33 bits per heavy atom. The normalized spacial score (nSPS) is 34.9. The Morgan fingerprint density at radius 3 is 2.70 bits per heavy atom. The number of halogens is 5. The van der Waals surface area contributed by atoms with Crippen LogP contribution in [0.15, 0.2) is 30.3 Å². The standard InChI is InChI=1S/C19H12F5NO2/c1-17(22)18(26)7-13(21)15-14(3-2-12(16(15)18)19(17,23)24)27-11-5-9(8-25)4-10(20)6-11/h2-6,13,26H,7H2,1H3/t13-,17?,18+/m0/s1/i4D,5D,6D,13D. The minimum absolute atomic E-state index is 0.393. The third kappa shape index (κ3) is 2.09. The molecule has 0 fully saturated rings. The monoisotopic (exact) mass is 385 g/mol. The number of hydrogen-bond donors (Lipinski definition) is 1. The van der Waals surface area contributed by atoms with Gasteiger partial charge in [0, 0.05) is 29.2 Å². The fraction of sp³-hybridized carbons (Fsp3) is 0.316. The van der Waals surface area contributed by atoms with Crippen LogP contribution in [0.25, 0.3) is 0 Å². The van der Waals surface area contributed by atoms with Gasteiger partial charge in [-0.1, -0.05) is 0 Å². The second kappa shape index (κ2) is 5.20. The van der Waals surface area contributed by atoms with Crippen LogP contribution in [-0.2, 0) is 11.5 Å². The summed E-state index contributed by atoms with van der Waals surface area (Å²) in [7, 11) is 0. The third-order valence-electron chi connectivity index (χ3n) is 4.99. The number of aliphatic hydroxyl groups is 1. The molecule has 140 valence electrons. The quantitative estimate of drug-likeness (QED) is 0.747. The zero-order valence-electron chi connectivity index (χ0n) is 17.6. The van der Waals surface area contributed by atoms with Crippen molar-refractivity contribution in [3.63, 3.8) is 0 Å². The van der Waals surface area contributed by atoms with E-state index in [9.17, 15) is 18.3 Å². The molecule has 2 aromatic rings. The molecule has 0 aromatic heterocycles. The van der Waals surface area contributed by atoms with Gasteiger partial charge in [-0.3, -0.25) is 0 Å². The van der Waals surface area contributed by atoms with Crippen LogP contribution >= 0.6 is 0 Å². The smallest absolute Gasteiger partial charge is 0.309 e. The van der Waals surface area contributed by atoms with E-state index in [1.165, 1.54) is 6.07 Å². The lowest BCUT2D eigenvalue weighted by atomic mass is 9.85. The lowest BCUT2D eigenvalue weighted by Gasteiger charge is -2.34. The van der Waals surface area contributed by atoms with Crippen LogP contribution in [0.4, 0.5) is 22.0 Å². The Hall–Kier alpha value is -2.66. The number of hydrogen-bond acceptors (Lipinski definition) is 3. The highest BCUT2D eigenvalue weighted by Crippen LogP contribution is 2.67. The average Bonchev–Trinajstić information content (AvgIpc) is 2.96. The molecule has 4 rings (SSSR count). The zero-order chi connectivity index (χ0) is 23.3. The SMILES string of the molecule is [2H]c1c(F)c([2H])c(Oc2ccc3c4c2[C@@]([2H])(F)C[C@]4(O)C(C)(F)C3(F)F)c([2H])c1C#N. The van der Waals surface area contributed by atoms with Gasteiger partial charge in [-0.05, 0) is 31.1 Å². The molecule has 3 atom stereocenters. The van der Waals surface area contributed by atoms with Crippen molar-refractivity contribution in [2.24, 2.45) is 0 Å². The van der Waals surface area contributed by atoms with E-state index in [-0.39, 0.29) is 0 Å². The number of alkyl halides is 4. The van der Waals surface area contributed by atoms with Crippen molar-refractivity contribution in [3.05, 3.63) is 58.3 Å². The van der Waals surface area contributed by atoms with Gasteiger partial charge in [-0.25, -0.2) is 13.2 Å². The first-order valence-corrected chi connectivity index (χ1v) is 7.67. The Kier molecular flexibility index (Phi) is 2.60. The fourth-order valence-corrected chi connectivity index (χ4v) is 3.58. The highest BCUT2D eigenvalue weighted by atomic mass is 19.3. The second-order valence-corrected chi connectivity index (χ2v) is 6.49. The maximum absolute atomic E-state index is 15.1. The molecule has 0 aliphatic heterocycles. The van der Waals surface area contributed by atoms with Crippen LogP contribution in [0, 0.1) is 17.1 Å². The molecule has 2 aromatic carbocycles. The summed E-state index contributed by atoms with van der Waals surface area (Å²) in [6, 6.07) is -0.279. The lowest BCUT2D eigenvalue weighted by molar-refractivity contribution is -0.213. The van der Waals surface area contributed by atoms with E-state index in [4.69, 9.17) is 15.5 Å². The van der Waals surface area contributed by atoms with Crippen LogP contribution < -0.4 is 4.74 Å². The minimum atomic E-state index is -4.23. The fourth-order valence-electron chi connectivity index (χ4n) is 3.58. The van der Waals surface area contributed by atoms with Gasteiger partial charge in [-0.2, -0.15) is 14.0 Å². The van der Waals surface area contributed by atoms with Gasteiger partial charge in [0.15, 0.2) is 0 Å². The van der Waals surface area contributed by atoms with Crippen LogP contribution in [0.2, 0.25) is 0 Å². The third-order valence-corrected chi connectivity index (χ3v) is 4.99. The molecule has 1 N–H and O–H groups in total. The predicted molar refractivity (Wildman–Crippen MR) is 83.4 cm³/mol. The van der Waals surface area contributed by atoms with Crippen LogP contribution in [-0.4, -0.2) is 10.8 Å². The van der Waals surface area contributed by atoms with Crippen LogP contribution in [0.1, 0.15) is 47.2 Å². The van der Waals surface area contributed by atoms with Crippen molar-refractivity contribution in [1.82, 2.24) is 0 Å². The lowest BCUT2D eigenvalue weighted by Crippen LogP contribution is -2.49. The molecule has 0 saturated heterocycles. The van der Waals surface area contributed by atoms with Crippen molar-refractivity contribution in [2.45, 2.75) is 36.7 Å². The molecule has 8 heteroatoms. The molecule has 0 radical (unpaired) electrons. The molecule has 2 aliphatic carbocycles. The molecule has 1 unspecified atom stereocenters. The van der Waals surface area contributed by atoms with E-state index in [0.717, 1.165) is 6.07 Å². The Morgan fingerprint density at radius 2 is 2.04 bits per heavy atom. The van der Waals surface area contributed by atoms with Gasteiger partial charge < -0.3 is 9.84 Å². The first-order chi connectivity index (χ1) is 14.1. The highest BCUT2D eigenvalue weighted by molar-refractivity contribution is 5.61. The number of nitriles is 1. The van der Waals surface area contributed by atoms with Gasteiger partial charge in [-0.15, -0.1) is 0 Å². The van der Waals surface area contributed by atoms with E-state index in [2.05, 4.69) is 0 Å². The van der Waals surface area contributed by atoms with Crippen LogP contribution in [0.5, 0.6) is 11.5 Å². The van der Waals surface area contributed by atoms with Crippen molar-refractivity contribution in [1.29, 1.82) is 5.26 Å². The van der Waals surface area contributed by atoms with E-state index in [0.29, 0.717) is 13.0 Å². The van der Waals surface area contributed by atoms with Crippen molar-refractivity contribution >= 4 is 0 Å². The Balaban J connectivity index is 1.99. The molecule has 2 aliphatic rings. The summed E-state index contributed by atoms with van der Waals surface area (Å²) in [5, 5.41) is 19.7. The Labute approximate surface area is 156 Å². The number of rotatable bonds is 2. The summed E-state index contributed by atoms with van der Waals surface area (Å²) in [5.74, 6) is -7.41. The van der Waals surface area contributed by atoms with E-state index >= 15 is 8.78 Å². The summed E-state index contributed by atoms with van der Waals surface area (Å²) in [6.45, 7) is 0.393. The molecular formula is C19H12F5NO2. The van der Waals surface area contributed by atoms with E-state index in [1.54, 1.807) is 0 Å². The van der Waals surface area contributed by atoms with Gasteiger partial charge in [0.1, 0.15) is 29.1 Å². The molecule has 0 bridgehead atoms.